The van der Waals surface area contributed by atoms with Crippen molar-refractivity contribution in [2.45, 2.75) is 19.3 Å². The highest BCUT2D eigenvalue weighted by molar-refractivity contribution is 5.86. The van der Waals surface area contributed by atoms with Crippen molar-refractivity contribution >= 4 is 22.8 Å². The second-order valence-corrected chi connectivity index (χ2v) is 4.89. The highest BCUT2D eigenvalue weighted by Gasteiger charge is 2.11. The third-order valence-electron chi connectivity index (χ3n) is 3.50. The van der Waals surface area contributed by atoms with Crippen LogP contribution in [-0.2, 0) is 0 Å². The molecule has 19 heavy (non-hydrogen) atoms. The zero-order valence-corrected chi connectivity index (χ0v) is 10.9. The normalized spacial score (nSPS) is 16.8. The molecule has 4 N–H and O–H groups in total. The van der Waals surface area contributed by atoms with E-state index < -0.39 is 0 Å². The van der Waals surface area contributed by atoms with Crippen molar-refractivity contribution in [1.29, 1.82) is 0 Å². The summed E-state index contributed by atoms with van der Waals surface area (Å²) in [6.45, 7) is 4.30. The molecule has 0 bridgehead atoms. The smallest absolute Gasteiger partial charge is 0.224 e. The number of hydrogen-bond donors (Lipinski definition) is 3. The first-order valence-corrected chi connectivity index (χ1v) is 6.76. The average molecular weight is 261 g/mol. The van der Waals surface area contributed by atoms with Gasteiger partial charge in [0.1, 0.15) is 5.82 Å². The van der Waals surface area contributed by atoms with E-state index in [1.54, 1.807) is 6.20 Å². The molecule has 3 heterocycles. The van der Waals surface area contributed by atoms with Crippen molar-refractivity contribution < 1.29 is 0 Å². The van der Waals surface area contributed by atoms with E-state index in [9.17, 15) is 0 Å². The fourth-order valence-corrected chi connectivity index (χ4v) is 2.50. The molecular formula is C12H19N7. The SMILES string of the molecule is Nc1nc(NCCN2CCCCC2)c2cn[nH]c2n1. The first-order chi connectivity index (χ1) is 9.33. The number of piperidine rings is 1. The Kier molecular flexibility index (Phi) is 3.45. The van der Waals surface area contributed by atoms with E-state index in [4.69, 9.17) is 5.73 Å². The van der Waals surface area contributed by atoms with Gasteiger partial charge in [0.2, 0.25) is 5.95 Å². The summed E-state index contributed by atoms with van der Waals surface area (Å²) in [4.78, 5) is 10.8. The van der Waals surface area contributed by atoms with E-state index in [1.165, 1.54) is 32.4 Å². The number of nitrogens with two attached hydrogens (primary N) is 1. The fourth-order valence-electron chi connectivity index (χ4n) is 2.50. The monoisotopic (exact) mass is 261 g/mol. The molecule has 0 atom stereocenters. The summed E-state index contributed by atoms with van der Waals surface area (Å²) < 4.78 is 0. The molecule has 0 aromatic carbocycles. The van der Waals surface area contributed by atoms with Crippen molar-refractivity contribution in [3.8, 4) is 0 Å². The van der Waals surface area contributed by atoms with E-state index in [1.807, 2.05) is 0 Å². The molecule has 1 fully saturated rings. The molecule has 1 aliphatic rings. The lowest BCUT2D eigenvalue weighted by Crippen LogP contribution is -2.33. The highest BCUT2D eigenvalue weighted by Crippen LogP contribution is 2.18. The van der Waals surface area contributed by atoms with E-state index in [2.05, 4.69) is 30.4 Å². The number of aromatic nitrogens is 4. The van der Waals surface area contributed by atoms with Crippen LogP contribution >= 0.6 is 0 Å². The number of fused-ring (bicyclic) bond motifs is 1. The number of nitrogens with zero attached hydrogens (tertiary/aromatic N) is 4. The van der Waals surface area contributed by atoms with Crippen molar-refractivity contribution in [3.63, 3.8) is 0 Å². The molecule has 0 radical (unpaired) electrons. The molecular weight excluding hydrogens is 242 g/mol. The van der Waals surface area contributed by atoms with Crippen molar-refractivity contribution in [1.82, 2.24) is 25.1 Å². The summed E-state index contributed by atoms with van der Waals surface area (Å²) in [5.74, 6) is 1.02. The van der Waals surface area contributed by atoms with E-state index in [0.29, 0.717) is 5.65 Å². The van der Waals surface area contributed by atoms with Crippen LogP contribution in [0.4, 0.5) is 11.8 Å². The third kappa shape index (κ3) is 2.76. The number of likely N-dealkylation sites (tertiary alicyclic amines) is 1. The van der Waals surface area contributed by atoms with Gasteiger partial charge in [-0.05, 0) is 25.9 Å². The van der Waals surface area contributed by atoms with Crippen molar-refractivity contribution in [2.75, 3.05) is 37.2 Å². The van der Waals surface area contributed by atoms with Gasteiger partial charge >= 0.3 is 0 Å². The van der Waals surface area contributed by atoms with Gasteiger partial charge < -0.3 is 16.0 Å². The fraction of sp³-hybridized carbons (Fsp3) is 0.583. The second kappa shape index (κ2) is 5.40. The van der Waals surface area contributed by atoms with Crippen molar-refractivity contribution in [2.24, 2.45) is 0 Å². The third-order valence-corrected chi connectivity index (χ3v) is 3.50. The number of aromatic amines is 1. The van der Waals surface area contributed by atoms with Crippen LogP contribution in [0.5, 0.6) is 0 Å². The minimum Gasteiger partial charge on any atom is -0.368 e. The number of hydrogen-bond acceptors (Lipinski definition) is 6. The van der Waals surface area contributed by atoms with Crippen LogP contribution in [0, 0.1) is 0 Å². The molecule has 102 valence electrons. The summed E-state index contributed by atoms with van der Waals surface area (Å²) in [7, 11) is 0. The molecule has 1 aliphatic heterocycles. The maximum Gasteiger partial charge on any atom is 0.224 e. The Labute approximate surface area is 111 Å². The van der Waals surface area contributed by atoms with Crippen LogP contribution in [0.1, 0.15) is 19.3 Å². The predicted octanol–water partition coefficient (Wildman–Crippen LogP) is 0.833. The van der Waals surface area contributed by atoms with Gasteiger partial charge in [0, 0.05) is 13.1 Å². The molecule has 7 heteroatoms. The quantitative estimate of drug-likeness (QED) is 0.754. The minimum atomic E-state index is 0.261. The van der Waals surface area contributed by atoms with Crippen LogP contribution in [0.2, 0.25) is 0 Å². The van der Waals surface area contributed by atoms with Crippen LogP contribution < -0.4 is 11.1 Å². The van der Waals surface area contributed by atoms with Gasteiger partial charge in [0.05, 0.1) is 11.6 Å². The number of nitrogens with one attached hydrogen (secondary N) is 2. The first kappa shape index (κ1) is 12.2. The zero-order valence-electron chi connectivity index (χ0n) is 10.9. The summed E-state index contributed by atoms with van der Waals surface area (Å²) in [6.07, 6.45) is 5.71. The van der Waals surface area contributed by atoms with Gasteiger partial charge in [-0.2, -0.15) is 15.1 Å². The van der Waals surface area contributed by atoms with Crippen LogP contribution in [-0.4, -0.2) is 51.2 Å². The molecule has 0 unspecified atom stereocenters. The number of rotatable bonds is 4. The van der Waals surface area contributed by atoms with Gasteiger partial charge in [-0.1, -0.05) is 6.42 Å². The zero-order chi connectivity index (χ0) is 13.1. The number of anilines is 2. The van der Waals surface area contributed by atoms with Gasteiger partial charge in [-0.25, -0.2) is 0 Å². The topological polar surface area (TPSA) is 95.7 Å². The lowest BCUT2D eigenvalue weighted by molar-refractivity contribution is 0.237. The van der Waals surface area contributed by atoms with Gasteiger partial charge in [-0.3, -0.25) is 5.10 Å². The average Bonchev–Trinajstić information content (AvgIpc) is 2.88. The maximum absolute atomic E-state index is 5.68. The van der Waals surface area contributed by atoms with E-state index >= 15 is 0 Å². The van der Waals surface area contributed by atoms with Gasteiger partial charge in [-0.15, -0.1) is 0 Å². The van der Waals surface area contributed by atoms with Crippen LogP contribution in [0.15, 0.2) is 6.20 Å². The molecule has 2 aromatic rings. The molecule has 1 saturated heterocycles. The minimum absolute atomic E-state index is 0.261. The number of H-pyrrole nitrogens is 1. The molecule has 7 nitrogen and oxygen atoms in total. The largest absolute Gasteiger partial charge is 0.368 e. The van der Waals surface area contributed by atoms with Crippen LogP contribution in [0.3, 0.4) is 0 Å². The summed E-state index contributed by atoms with van der Waals surface area (Å²) in [5.41, 5.74) is 6.35. The van der Waals surface area contributed by atoms with E-state index in [-0.39, 0.29) is 5.95 Å². The van der Waals surface area contributed by atoms with Crippen molar-refractivity contribution in [3.05, 3.63) is 6.20 Å². The van der Waals surface area contributed by atoms with Gasteiger partial charge in [0.25, 0.3) is 0 Å². The summed E-state index contributed by atoms with van der Waals surface area (Å²) >= 11 is 0. The first-order valence-electron chi connectivity index (χ1n) is 6.76. The molecule has 0 saturated carbocycles. The Morgan fingerprint density at radius 2 is 2.11 bits per heavy atom. The van der Waals surface area contributed by atoms with Crippen LogP contribution in [0.25, 0.3) is 11.0 Å². The predicted molar refractivity (Wildman–Crippen MR) is 74.9 cm³/mol. The second-order valence-electron chi connectivity index (χ2n) is 4.89. The molecule has 0 aliphatic carbocycles. The molecule has 3 rings (SSSR count). The Morgan fingerprint density at radius 3 is 2.95 bits per heavy atom. The van der Waals surface area contributed by atoms with E-state index in [0.717, 1.165) is 24.3 Å². The Balaban J connectivity index is 1.63. The molecule has 0 amide bonds. The lowest BCUT2D eigenvalue weighted by Gasteiger charge is -2.26. The summed E-state index contributed by atoms with van der Waals surface area (Å²) in [5, 5.41) is 11.0. The molecule has 2 aromatic heterocycles. The summed E-state index contributed by atoms with van der Waals surface area (Å²) in [6, 6.07) is 0. The highest BCUT2D eigenvalue weighted by atomic mass is 15.2. The number of nitrogen functional groups attached to an aromatic ring is 1. The maximum atomic E-state index is 5.68. The standard InChI is InChI=1S/C12H19N7/c13-12-16-10(9-8-15-18-11(9)17-12)14-4-7-19-5-2-1-3-6-19/h8H,1-7H2,(H4,13,14,15,16,17,18). The Hall–Kier alpha value is -1.89. The van der Waals surface area contributed by atoms with Gasteiger partial charge in [0.15, 0.2) is 5.65 Å². The Bertz CT molecular complexity index is 544. The lowest BCUT2D eigenvalue weighted by atomic mass is 10.1. The molecule has 0 spiro atoms. The Morgan fingerprint density at radius 1 is 1.26 bits per heavy atom.